The molecule has 1 unspecified atom stereocenters. The van der Waals surface area contributed by atoms with E-state index in [1.165, 1.54) is 23.9 Å². The molecule has 0 saturated carbocycles. The van der Waals surface area contributed by atoms with Crippen molar-refractivity contribution in [2.24, 2.45) is 0 Å². The van der Waals surface area contributed by atoms with Crippen molar-refractivity contribution in [3.63, 3.8) is 0 Å². The summed E-state index contributed by atoms with van der Waals surface area (Å²) in [5.74, 6) is 1.77. The fourth-order valence-corrected chi connectivity index (χ4v) is 4.24. The summed E-state index contributed by atoms with van der Waals surface area (Å²) in [6.45, 7) is 3.19. The molecule has 29 heavy (non-hydrogen) atoms. The third-order valence-corrected chi connectivity index (χ3v) is 5.89. The maximum Gasteiger partial charge on any atom is 0.416 e. The lowest BCUT2D eigenvalue weighted by molar-refractivity contribution is -0.137. The van der Waals surface area contributed by atoms with Crippen LogP contribution in [0, 0.1) is 6.92 Å². The molecule has 5 nitrogen and oxygen atoms in total. The van der Waals surface area contributed by atoms with Crippen molar-refractivity contribution >= 4 is 11.8 Å². The molecule has 1 aliphatic heterocycles. The molecule has 1 aromatic carbocycles. The number of thioether (sulfide) groups is 1. The first-order chi connectivity index (χ1) is 13.9. The Labute approximate surface area is 170 Å². The molecule has 4 rings (SSSR count). The molecule has 0 aliphatic carbocycles. The van der Waals surface area contributed by atoms with Crippen LogP contribution in [-0.2, 0) is 23.2 Å². The summed E-state index contributed by atoms with van der Waals surface area (Å²) >= 11 is 1.36. The summed E-state index contributed by atoms with van der Waals surface area (Å²) in [4.78, 5) is 0. The molecule has 1 aliphatic rings. The quantitative estimate of drug-likeness (QED) is 0.501. The van der Waals surface area contributed by atoms with Gasteiger partial charge in [0.1, 0.15) is 5.76 Å². The van der Waals surface area contributed by atoms with E-state index in [-0.39, 0.29) is 6.10 Å². The molecule has 0 spiro atoms. The van der Waals surface area contributed by atoms with Gasteiger partial charge in [0.25, 0.3) is 0 Å². The van der Waals surface area contributed by atoms with Crippen LogP contribution in [0.1, 0.15) is 29.7 Å². The zero-order valence-electron chi connectivity index (χ0n) is 15.8. The Morgan fingerprint density at radius 3 is 2.79 bits per heavy atom. The number of ether oxygens (including phenoxy) is 1. The number of hydrogen-bond donors (Lipinski definition) is 0. The van der Waals surface area contributed by atoms with Crippen LogP contribution >= 0.6 is 11.8 Å². The van der Waals surface area contributed by atoms with Gasteiger partial charge in [0.15, 0.2) is 11.0 Å². The summed E-state index contributed by atoms with van der Waals surface area (Å²) in [6, 6.07) is 7.20. The summed E-state index contributed by atoms with van der Waals surface area (Å²) in [7, 11) is 0. The Morgan fingerprint density at radius 2 is 2.10 bits per heavy atom. The molecule has 3 heterocycles. The minimum atomic E-state index is -4.35. The summed E-state index contributed by atoms with van der Waals surface area (Å²) in [6.07, 6.45) is -0.707. The number of benzene rings is 1. The number of halogens is 3. The Bertz CT molecular complexity index is 978. The van der Waals surface area contributed by atoms with Crippen molar-refractivity contribution in [1.29, 1.82) is 0 Å². The van der Waals surface area contributed by atoms with Gasteiger partial charge in [-0.05, 0) is 37.5 Å². The van der Waals surface area contributed by atoms with Crippen molar-refractivity contribution < 1.29 is 22.3 Å². The third kappa shape index (κ3) is 4.51. The number of aromatic nitrogens is 3. The molecule has 2 aromatic heterocycles. The third-order valence-electron chi connectivity index (χ3n) is 4.85. The van der Waals surface area contributed by atoms with Crippen LogP contribution in [0.4, 0.5) is 13.2 Å². The molecule has 0 bridgehead atoms. The van der Waals surface area contributed by atoms with Crippen molar-refractivity contribution in [3.05, 3.63) is 53.5 Å². The van der Waals surface area contributed by atoms with Crippen LogP contribution in [-0.4, -0.2) is 27.5 Å². The number of alkyl halides is 3. The molecule has 3 aromatic rings. The Morgan fingerprint density at radius 1 is 1.24 bits per heavy atom. The maximum absolute atomic E-state index is 13.0. The van der Waals surface area contributed by atoms with Gasteiger partial charge in [0.2, 0.25) is 0 Å². The van der Waals surface area contributed by atoms with Crippen molar-refractivity contribution in [3.8, 4) is 11.4 Å². The first kappa shape index (κ1) is 20.0. The zero-order chi connectivity index (χ0) is 20.4. The average Bonchev–Trinajstić information content (AvgIpc) is 3.42. The molecule has 9 heteroatoms. The first-order valence-corrected chi connectivity index (χ1v) is 10.3. The van der Waals surface area contributed by atoms with Crippen molar-refractivity contribution in [2.75, 3.05) is 6.61 Å². The fourth-order valence-electron chi connectivity index (χ4n) is 3.35. The van der Waals surface area contributed by atoms with Gasteiger partial charge in [-0.1, -0.05) is 30.0 Å². The normalized spacial score (nSPS) is 17.2. The lowest BCUT2D eigenvalue weighted by atomic mass is 10.1. The van der Waals surface area contributed by atoms with Crippen LogP contribution in [0.3, 0.4) is 0 Å². The second-order valence-corrected chi connectivity index (χ2v) is 7.87. The largest absolute Gasteiger partial charge is 0.469 e. The van der Waals surface area contributed by atoms with E-state index in [2.05, 4.69) is 10.2 Å². The first-order valence-electron chi connectivity index (χ1n) is 9.30. The monoisotopic (exact) mass is 423 g/mol. The van der Waals surface area contributed by atoms with Gasteiger partial charge in [-0.2, -0.15) is 13.2 Å². The van der Waals surface area contributed by atoms with E-state index in [1.54, 1.807) is 12.3 Å². The number of aryl methyl sites for hydroxylation is 1. The number of furan rings is 1. The zero-order valence-corrected chi connectivity index (χ0v) is 16.6. The van der Waals surface area contributed by atoms with Crippen molar-refractivity contribution in [1.82, 2.24) is 14.8 Å². The van der Waals surface area contributed by atoms with Gasteiger partial charge in [-0.15, -0.1) is 10.2 Å². The molecule has 1 saturated heterocycles. The SMILES string of the molecule is Cc1occc1-c1nnc(SCc2cccc(C(F)(F)F)c2)n1CC1CCCO1. The molecule has 1 atom stereocenters. The van der Waals surface area contributed by atoms with Gasteiger partial charge in [-0.3, -0.25) is 4.57 Å². The highest BCUT2D eigenvalue weighted by Gasteiger charge is 2.30. The maximum atomic E-state index is 13.0. The van der Waals surface area contributed by atoms with Crippen LogP contribution in [0.5, 0.6) is 0 Å². The molecule has 0 N–H and O–H groups in total. The molecule has 0 radical (unpaired) electrons. The van der Waals surface area contributed by atoms with E-state index in [0.29, 0.717) is 28.8 Å². The van der Waals surface area contributed by atoms with Gasteiger partial charge in [-0.25, -0.2) is 0 Å². The van der Waals surface area contributed by atoms with Crippen LogP contribution in [0.2, 0.25) is 0 Å². The van der Waals surface area contributed by atoms with E-state index < -0.39 is 11.7 Å². The standard InChI is InChI=1S/C20H20F3N3O2S/c1-13-17(7-9-27-13)18-24-25-19(26(18)11-16-6-3-8-28-16)29-12-14-4-2-5-15(10-14)20(21,22)23/h2,4-5,7,9-10,16H,3,6,8,11-12H2,1H3. The van der Waals surface area contributed by atoms with E-state index >= 15 is 0 Å². The lowest BCUT2D eigenvalue weighted by Crippen LogP contribution is -2.16. The highest BCUT2D eigenvalue weighted by molar-refractivity contribution is 7.98. The van der Waals surface area contributed by atoms with Crippen LogP contribution < -0.4 is 0 Å². The second kappa shape index (κ2) is 8.23. The minimum Gasteiger partial charge on any atom is -0.469 e. The van der Waals surface area contributed by atoms with Gasteiger partial charge < -0.3 is 9.15 Å². The van der Waals surface area contributed by atoms with E-state index in [4.69, 9.17) is 9.15 Å². The highest BCUT2D eigenvalue weighted by Crippen LogP contribution is 2.33. The second-order valence-electron chi connectivity index (χ2n) is 6.93. The van der Waals surface area contributed by atoms with Crippen LogP contribution in [0.15, 0.2) is 46.2 Å². The summed E-state index contributed by atoms with van der Waals surface area (Å²) in [5.41, 5.74) is 0.782. The Kier molecular flexibility index (Phi) is 5.69. The van der Waals surface area contributed by atoms with E-state index in [1.807, 2.05) is 17.6 Å². The van der Waals surface area contributed by atoms with Gasteiger partial charge >= 0.3 is 6.18 Å². The Hall–Kier alpha value is -2.26. The highest BCUT2D eigenvalue weighted by atomic mass is 32.2. The molecule has 1 fully saturated rings. The number of hydrogen-bond acceptors (Lipinski definition) is 5. The summed E-state index contributed by atoms with van der Waals surface area (Å²) in [5, 5.41) is 9.27. The number of rotatable bonds is 6. The Balaban J connectivity index is 1.58. The fraction of sp³-hybridized carbons (Fsp3) is 0.400. The lowest BCUT2D eigenvalue weighted by Gasteiger charge is -2.14. The average molecular weight is 423 g/mol. The van der Waals surface area contributed by atoms with E-state index in [0.717, 1.165) is 36.8 Å². The summed E-state index contributed by atoms with van der Waals surface area (Å²) < 4.78 is 52.0. The minimum absolute atomic E-state index is 0.0739. The van der Waals surface area contributed by atoms with E-state index in [9.17, 15) is 13.2 Å². The molecular formula is C20H20F3N3O2S. The number of nitrogens with zero attached hydrogens (tertiary/aromatic N) is 3. The molecule has 154 valence electrons. The van der Waals surface area contributed by atoms with Crippen LogP contribution in [0.25, 0.3) is 11.4 Å². The van der Waals surface area contributed by atoms with Gasteiger partial charge in [0.05, 0.1) is 30.0 Å². The van der Waals surface area contributed by atoms with Crippen molar-refractivity contribution in [2.45, 2.75) is 49.5 Å². The molecule has 0 amide bonds. The smallest absolute Gasteiger partial charge is 0.416 e. The predicted molar refractivity (Wildman–Crippen MR) is 102 cm³/mol. The predicted octanol–water partition coefficient (Wildman–Crippen LogP) is 5.34. The van der Waals surface area contributed by atoms with Gasteiger partial charge in [0, 0.05) is 12.4 Å². The molecular weight excluding hydrogens is 403 g/mol. The topological polar surface area (TPSA) is 53.1 Å².